The molecular weight excluding hydrogens is 350 g/mol. The molecule has 0 aliphatic carbocycles. The Kier molecular flexibility index (Phi) is 7.15. The molecule has 0 aliphatic heterocycles. The van der Waals surface area contributed by atoms with Crippen LogP contribution in [0.15, 0.2) is 29.6 Å². The topological polar surface area (TPSA) is 71.5 Å². The molecule has 6 nitrogen and oxygen atoms in total. The minimum Gasteiger partial charge on any atom is -0.464 e. The van der Waals surface area contributed by atoms with Crippen LogP contribution in [0.2, 0.25) is 0 Å². The summed E-state index contributed by atoms with van der Waals surface area (Å²) >= 11 is 1.35. The Balaban J connectivity index is 2.10. The molecule has 0 bridgehead atoms. The Morgan fingerprint density at radius 2 is 2.12 bits per heavy atom. The number of ether oxygens (including phenoxy) is 1. The van der Waals surface area contributed by atoms with E-state index in [1.54, 1.807) is 10.3 Å². The van der Waals surface area contributed by atoms with Crippen molar-refractivity contribution in [2.24, 2.45) is 5.92 Å². The fraction of sp³-hybridized carbons (Fsp3) is 0.421. The van der Waals surface area contributed by atoms with Crippen molar-refractivity contribution < 1.29 is 14.3 Å². The van der Waals surface area contributed by atoms with Gasteiger partial charge in [0.05, 0.1) is 13.7 Å². The standard InChI is InChI=1S/C19H25N3O3S/c1-13(2)8-9-22(11-17-21-16(12-26-17)18(23)25-4)19(24)20-15-7-5-6-14(3)10-15/h5-7,10,12-13H,8-9,11H2,1-4H3,(H,20,24). The number of amides is 2. The van der Waals surface area contributed by atoms with Crippen LogP contribution in [0.5, 0.6) is 0 Å². The number of aryl methyl sites for hydroxylation is 1. The molecule has 1 aromatic carbocycles. The van der Waals surface area contributed by atoms with Crippen LogP contribution in [-0.2, 0) is 11.3 Å². The lowest BCUT2D eigenvalue weighted by Gasteiger charge is -2.23. The number of esters is 1. The summed E-state index contributed by atoms with van der Waals surface area (Å²) in [4.78, 5) is 30.3. The third-order valence-electron chi connectivity index (χ3n) is 3.81. The lowest BCUT2D eigenvalue weighted by molar-refractivity contribution is 0.0594. The molecule has 0 saturated carbocycles. The number of anilines is 1. The molecular formula is C19H25N3O3S. The van der Waals surface area contributed by atoms with E-state index >= 15 is 0 Å². The van der Waals surface area contributed by atoms with Gasteiger partial charge in [0.1, 0.15) is 5.01 Å². The fourth-order valence-electron chi connectivity index (χ4n) is 2.34. The van der Waals surface area contributed by atoms with Gasteiger partial charge in [-0.05, 0) is 37.0 Å². The summed E-state index contributed by atoms with van der Waals surface area (Å²) in [6.07, 6.45) is 0.885. The van der Waals surface area contributed by atoms with E-state index in [0.717, 1.165) is 17.7 Å². The largest absolute Gasteiger partial charge is 0.464 e. The van der Waals surface area contributed by atoms with Crippen LogP contribution in [0.25, 0.3) is 0 Å². The minimum atomic E-state index is -0.467. The summed E-state index contributed by atoms with van der Waals surface area (Å²) in [6.45, 7) is 7.19. The Bertz CT molecular complexity index is 758. The van der Waals surface area contributed by atoms with E-state index in [1.165, 1.54) is 18.4 Å². The number of urea groups is 1. The van der Waals surface area contributed by atoms with Crippen molar-refractivity contribution in [3.05, 3.63) is 45.9 Å². The summed E-state index contributed by atoms with van der Waals surface area (Å²) in [5.74, 6) is 0.0108. The first kappa shape index (κ1) is 19.9. The van der Waals surface area contributed by atoms with Crippen molar-refractivity contribution in [3.63, 3.8) is 0 Å². The van der Waals surface area contributed by atoms with E-state index in [2.05, 4.69) is 28.9 Å². The molecule has 2 amide bonds. The van der Waals surface area contributed by atoms with Gasteiger partial charge >= 0.3 is 12.0 Å². The molecule has 0 fully saturated rings. The summed E-state index contributed by atoms with van der Waals surface area (Å²) < 4.78 is 4.68. The number of thiazole rings is 1. The summed E-state index contributed by atoms with van der Waals surface area (Å²) in [5.41, 5.74) is 2.12. The SMILES string of the molecule is COC(=O)c1csc(CN(CCC(C)C)C(=O)Nc2cccc(C)c2)n1. The van der Waals surface area contributed by atoms with Gasteiger partial charge in [-0.1, -0.05) is 26.0 Å². The van der Waals surface area contributed by atoms with Crippen LogP contribution in [-0.4, -0.2) is 35.5 Å². The van der Waals surface area contributed by atoms with Gasteiger partial charge in [0.15, 0.2) is 5.69 Å². The molecule has 140 valence electrons. The molecule has 26 heavy (non-hydrogen) atoms. The quantitative estimate of drug-likeness (QED) is 0.732. The lowest BCUT2D eigenvalue weighted by atomic mass is 10.1. The smallest absolute Gasteiger partial charge is 0.357 e. The Morgan fingerprint density at radius 1 is 1.35 bits per heavy atom. The lowest BCUT2D eigenvalue weighted by Crippen LogP contribution is -2.35. The van der Waals surface area contributed by atoms with Crippen LogP contribution >= 0.6 is 11.3 Å². The van der Waals surface area contributed by atoms with Gasteiger partial charge in [0, 0.05) is 17.6 Å². The van der Waals surface area contributed by atoms with Gasteiger partial charge in [0.2, 0.25) is 0 Å². The highest BCUT2D eigenvalue weighted by Crippen LogP contribution is 2.16. The second-order valence-corrected chi connectivity index (χ2v) is 7.46. The number of aromatic nitrogens is 1. The summed E-state index contributed by atoms with van der Waals surface area (Å²) in [5, 5.41) is 5.30. The van der Waals surface area contributed by atoms with Crippen LogP contribution < -0.4 is 5.32 Å². The molecule has 1 heterocycles. The number of nitrogens with zero attached hydrogens (tertiary/aromatic N) is 2. The van der Waals surface area contributed by atoms with Crippen LogP contribution in [0.4, 0.5) is 10.5 Å². The van der Waals surface area contributed by atoms with Gasteiger partial charge in [0.25, 0.3) is 0 Å². The van der Waals surface area contributed by atoms with Crippen LogP contribution in [0, 0.1) is 12.8 Å². The van der Waals surface area contributed by atoms with E-state index in [-0.39, 0.29) is 11.7 Å². The summed E-state index contributed by atoms with van der Waals surface area (Å²) in [7, 11) is 1.32. The van der Waals surface area contributed by atoms with Crippen molar-refractivity contribution in [1.82, 2.24) is 9.88 Å². The average Bonchev–Trinajstić information content (AvgIpc) is 3.06. The monoisotopic (exact) mass is 375 g/mol. The molecule has 0 radical (unpaired) electrons. The normalized spacial score (nSPS) is 10.7. The number of carbonyl (C=O) groups excluding carboxylic acids is 2. The van der Waals surface area contributed by atoms with Crippen LogP contribution in [0.1, 0.15) is 41.3 Å². The highest BCUT2D eigenvalue weighted by atomic mass is 32.1. The number of carbonyl (C=O) groups is 2. The predicted octanol–water partition coefficient (Wildman–Crippen LogP) is 4.32. The molecule has 7 heteroatoms. The first-order valence-electron chi connectivity index (χ1n) is 8.54. The molecule has 2 rings (SSSR count). The number of rotatable bonds is 7. The van der Waals surface area contributed by atoms with Crippen LogP contribution in [0.3, 0.4) is 0 Å². The van der Waals surface area contributed by atoms with Gasteiger partial charge < -0.3 is 15.0 Å². The second-order valence-electron chi connectivity index (χ2n) is 6.52. The highest BCUT2D eigenvalue weighted by Gasteiger charge is 2.18. The zero-order valence-corrected chi connectivity index (χ0v) is 16.4. The Hall–Kier alpha value is -2.41. The van der Waals surface area contributed by atoms with Crippen molar-refractivity contribution in [2.45, 2.75) is 33.7 Å². The molecule has 0 aliphatic rings. The average molecular weight is 375 g/mol. The van der Waals surface area contributed by atoms with Crippen molar-refractivity contribution in [1.29, 1.82) is 0 Å². The maximum Gasteiger partial charge on any atom is 0.357 e. The molecule has 0 saturated heterocycles. The van der Waals surface area contributed by atoms with E-state index in [4.69, 9.17) is 0 Å². The second kappa shape index (κ2) is 9.33. The third kappa shape index (κ3) is 5.84. The molecule has 1 aromatic heterocycles. The maximum atomic E-state index is 12.7. The van der Waals surface area contributed by atoms with E-state index in [0.29, 0.717) is 24.0 Å². The first-order chi connectivity index (χ1) is 12.4. The molecule has 2 aromatic rings. The fourth-order valence-corrected chi connectivity index (χ4v) is 3.11. The predicted molar refractivity (Wildman–Crippen MR) is 104 cm³/mol. The van der Waals surface area contributed by atoms with Crippen molar-refractivity contribution in [2.75, 3.05) is 19.0 Å². The number of benzene rings is 1. The Labute approximate surface area is 158 Å². The van der Waals surface area contributed by atoms with Crippen molar-refractivity contribution in [3.8, 4) is 0 Å². The zero-order chi connectivity index (χ0) is 19.1. The molecule has 1 N–H and O–H groups in total. The summed E-state index contributed by atoms with van der Waals surface area (Å²) in [6, 6.07) is 7.51. The first-order valence-corrected chi connectivity index (χ1v) is 9.42. The van der Waals surface area contributed by atoms with Gasteiger partial charge in [-0.15, -0.1) is 11.3 Å². The number of hydrogen-bond donors (Lipinski definition) is 1. The van der Waals surface area contributed by atoms with E-state index in [9.17, 15) is 9.59 Å². The Morgan fingerprint density at radius 3 is 2.77 bits per heavy atom. The maximum absolute atomic E-state index is 12.7. The molecule has 0 atom stereocenters. The van der Waals surface area contributed by atoms with Gasteiger partial charge in [-0.2, -0.15) is 0 Å². The number of methoxy groups -OCH3 is 1. The molecule has 0 unspecified atom stereocenters. The third-order valence-corrected chi connectivity index (χ3v) is 4.64. The van der Waals surface area contributed by atoms with Gasteiger partial charge in [-0.3, -0.25) is 0 Å². The number of nitrogens with one attached hydrogen (secondary N) is 1. The number of hydrogen-bond acceptors (Lipinski definition) is 5. The van der Waals surface area contributed by atoms with E-state index < -0.39 is 5.97 Å². The minimum absolute atomic E-state index is 0.175. The van der Waals surface area contributed by atoms with E-state index in [1.807, 2.05) is 31.2 Å². The molecule has 0 spiro atoms. The highest BCUT2D eigenvalue weighted by molar-refractivity contribution is 7.09. The zero-order valence-electron chi connectivity index (χ0n) is 15.6. The van der Waals surface area contributed by atoms with Gasteiger partial charge in [-0.25, -0.2) is 14.6 Å². The van der Waals surface area contributed by atoms with Crippen molar-refractivity contribution >= 4 is 29.0 Å².